The monoisotopic (exact) mass is 358 g/mol. The first kappa shape index (κ1) is 17.8. The number of halogens is 1. The smallest absolute Gasteiger partial charge is 0.142 e. The highest BCUT2D eigenvalue weighted by molar-refractivity contribution is 6.30. The van der Waals surface area contributed by atoms with Crippen LogP contribution in [-0.4, -0.2) is 29.8 Å². The third-order valence-corrected chi connectivity index (χ3v) is 4.64. The summed E-state index contributed by atoms with van der Waals surface area (Å²) in [6, 6.07) is 13.6. The number of hydrogen-bond donors (Lipinski definition) is 3. The van der Waals surface area contributed by atoms with Crippen LogP contribution in [0.4, 0.5) is 0 Å². The van der Waals surface area contributed by atoms with Crippen LogP contribution in [0, 0.1) is 0 Å². The van der Waals surface area contributed by atoms with Crippen molar-refractivity contribution in [2.24, 2.45) is 0 Å². The third-order valence-electron chi connectivity index (χ3n) is 4.40. The molecule has 0 amide bonds. The van der Waals surface area contributed by atoms with Gasteiger partial charge in [0.2, 0.25) is 0 Å². The molecule has 3 aromatic rings. The molecule has 1 aromatic heterocycles. The van der Waals surface area contributed by atoms with Crippen LogP contribution in [0.15, 0.2) is 48.7 Å². The lowest BCUT2D eigenvalue weighted by Gasteiger charge is -2.17. The van der Waals surface area contributed by atoms with Gasteiger partial charge in [-0.15, -0.1) is 0 Å². The largest absolute Gasteiger partial charge is 0.495 e. The number of methoxy groups -OCH3 is 1. The number of aliphatic hydroxyl groups excluding tert-OH is 1. The molecular weight excluding hydrogens is 336 g/mol. The number of aromatic nitrogens is 1. The number of aromatic amines is 1. The van der Waals surface area contributed by atoms with Crippen molar-refractivity contribution in [3.63, 3.8) is 0 Å². The topological polar surface area (TPSA) is 57.3 Å². The number of H-pyrrole nitrogens is 1. The van der Waals surface area contributed by atoms with Gasteiger partial charge >= 0.3 is 0 Å². The molecule has 0 aliphatic carbocycles. The summed E-state index contributed by atoms with van der Waals surface area (Å²) >= 11 is 5.98. The first-order valence-corrected chi connectivity index (χ1v) is 8.76. The number of ether oxygens (including phenoxy) is 1. The highest BCUT2D eigenvalue weighted by Crippen LogP contribution is 2.27. The van der Waals surface area contributed by atoms with Crippen molar-refractivity contribution in [3.05, 3.63) is 64.8 Å². The minimum absolute atomic E-state index is 0.221. The van der Waals surface area contributed by atoms with Crippen LogP contribution in [0.25, 0.3) is 10.9 Å². The zero-order valence-corrected chi connectivity index (χ0v) is 15.2. The summed E-state index contributed by atoms with van der Waals surface area (Å²) in [5.41, 5.74) is 3.07. The lowest BCUT2D eigenvalue weighted by molar-refractivity contribution is 0.170. The zero-order chi connectivity index (χ0) is 17.8. The van der Waals surface area contributed by atoms with E-state index in [2.05, 4.69) is 23.3 Å². The number of rotatable bonds is 7. The quantitative estimate of drug-likeness (QED) is 0.596. The fourth-order valence-corrected chi connectivity index (χ4v) is 3.27. The lowest BCUT2D eigenvalue weighted by Crippen LogP contribution is -2.32. The Kier molecular flexibility index (Phi) is 5.63. The van der Waals surface area contributed by atoms with Crippen molar-refractivity contribution in [1.82, 2.24) is 10.3 Å². The van der Waals surface area contributed by atoms with Crippen molar-refractivity contribution >= 4 is 22.5 Å². The van der Waals surface area contributed by atoms with E-state index in [-0.39, 0.29) is 6.04 Å². The second-order valence-corrected chi connectivity index (χ2v) is 6.72. The van der Waals surface area contributed by atoms with Crippen LogP contribution in [0.3, 0.4) is 0 Å². The molecule has 0 radical (unpaired) electrons. The molecule has 25 heavy (non-hydrogen) atoms. The van der Waals surface area contributed by atoms with Crippen molar-refractivity contribution < 1.29 is 9.84 Å². The summed E-state index contributed by atoms with van der Waals surface area (Å²) < 4.78 is 5.39. The van der Waals surface area contributed by atoms with E-state index >= 15 is 0 Å². The van der Waals surface area contributed by atoms with E-state index in [1.807, 2.05) is 30.5 Å². The van der Waals surface area contributed by atoms with E-state index in [1.165, 1.54) is 10.9 Å². The van der Waals surface area contributed by atoms with Crippen LogP contribution >= 0.6 is 11.6 Å². The fraction of sp³-hybridized carbons (Fsp3) is 0.300. The van der Waals surface area contributed by atoms with Crippen LogP contribution in [0.1, 0.15) is 24.2 Å². The third kappa shape index (κ3) is 4.15. The molecule has 0 unspecified atom stereocenters. The molecule has 0 bridgehead atoms. The normalized spacial score (nSPS) is 13.8. The van der Waals surface area contributed by atoms with Gasteiger partial charge in [-0.3, -0.25) is 0 Å². The van der Waals surface area contributed by atoms with E-state index in [9.17, 15) is 5.11 Å². The van der Waals surface area contributed by atoms with Gasteiger partial charge < -0.3 is 20.1 Å². The Morgan fingerprint density at radius 1 is 1.24 bits per heavy atom. The molecular formula is C20H23ClN2O2. The number of fused-ring (bicyclic) bond motifs is 1. The summed E-state index contributed by atoms with van der Waals surface area (Å²) in [6.45, 7) is 2.59. The van der Waals surface area contributed by atoms with E-state index in [0.29, 0.717) is 11.6 Å². The number of benzene rings is 2. The van der Waals surface area contributed by atoms with Gasteiger partial charge in [-0.05, 0) is 42.7 Å². The zero-order valence-electron chi connectivity index (χ0n) is 14.4. The Balaban J connectivity index is 1.62. The van der Waals surface area contributed by atoms with Gasteiger partial charge in [-0.25, -0.2) is 0 Å². The second kappa shape index (κ2) is 7.91. The Morgan fingerprint density at radius 2 is 2.04 bits per heavy atom. The lowest BCUT2D eigenvalue weighted by atomic mass is 10.0. The molecule has 2 atom stereocenters. The average molecular weight is 359 g/mol. The summed E-state index contributed by atoms with van der Waals surface area (Å²) in [4.78, 5) is 3.29. The van der Waals surface area contributed by atoms with Crippen LogP contribution < -0.4 is 10.1 Å². The molecule has 0 fully saturated rings. The van der Waals surface area contributed by atoms with Crippen molar-refractivity contribution in [2.45, 2.75) is 25.5 Å². The minimum Gasteiger partial charge on any atom is -0.495 e. The first-order valence-electron chi connectivity index (χ1n) is 8.38. The molecule has 0 saturated carbocycles. The highest BCUT2D eigenvalue weighted by Gasteiger charge is 2.13. The summed E-state index contributed by atoms with van der Waals surface area (Å²) in [7, 11) is 1.68. The molecule has 0 aliphatic rings. The van der Waals surface area contributed by atoms with Gasteiger partial charge in [0.25, 0.3) is 0 Å². The summed E-state index contributed by atoms with van der Waals surface area (Å²) in [6.07, 6.45) is 2.30. The van der Waals surface area contributed by atoms with Gasteiger partial charge in [0.05, 0.1) is 18.7 Å². The molecule has 1 heterocycles. The molecule has 5 heteroatoms. The Labute approximate surface area is 152 Å². The number of hydrogen-bond acceptors (Lipinski definition) is 3. The summed E-state index contributed by atoms with van der Waals surface area (Å²) in [5, 5.41) is 15.5. The Bertz CT molecular complexity index is 847. The van der Waals surface area contributed by atoms with Crippen molar-refractivity contribution in [2.75, 3.05) is 13.7 Å². The van der Waals surface area contributed by atoms with Gasteiger partial charge in [-0.2, -0.15) is 0 Å². The maximum Gasteiger partial charge on any atom is 0.142 e. The van der Waals surface area contributed by atoms with Crippen LogP contribution in [0.2, 0.25) is 5.02 Å². The van der Waals surface area contributed by atoms with Crippen molar-refractivity contribution in [1.29, 1.82) is 0 Å². The number of aliphatic hydroxyl groups is 1. The van der Waals surface area contributed by atoms with E-state index < -0.39 is 6.10 Å². The maximum absolute atomic E-state index is 10.3. The van der Waals surface area contributed by atoms with Gasteiger partial charge in [0.15, 0.2) is 0 Å². The van der Waals surface area contributed by atoms with Gasteiger partial charge in [-0.1, -0.05) is 35.9 Å². The average Bonchev–Trinajstić information content (AvgIpc) is 3.02. The molecule has 0 aliphatic heterocycles. The molecule has 2 aromatic carbocycles. The van der Waals surface area contributed by atoms with E-state index in [4.69, 9.17) is 16.3 Å². The van der Waals surface area contributed by atoms with Crippen LogP contribution in [-0.2, 0) is 6.42 Å². The second-order valence-electron chi connectivity index (χ2n) is 6.28. The Hall–Kier alpha value is -2.01. The molecule has 132 valence electrons. The van der Waals surface area contributed by atoms with E-state index in [0.717, 1.165) is 23.3 Å². The summed E-state index contributed by atoms with van der Waals surface area (Å²) in [5.74, 6) is 0.848. The number of nitrogens with one attached hydrogen (secondary N) is 2. The van der Waals surface area contributed by atoms with Gasteiger partial charge in [0.1, 0.15) is 5.75 Å². The van der Waals surface area contributed by atoms with E-state index in [1.54, 1.807) is 19.2 Å². The molecule has 4 nitrogen and oxygen atoms in total. The fourth-order valence-electron chi connectivity index (χ4n) is 3.07. The number of para-hydroxylation sites is 1. The molecule has 0 saturated heterocycles. The SMILES string of the molecule is COc1cccc2c(C[C@H](C)NC[C@H](O)c3cccc(Cl)c3)c[nH]c12. The van der Waals surface area contributed by atoms with Gasteiger partial charge in [0, 0.05) is 29.2 Å². The molecule has 0 spiro atoms. The van der Waals surface area contributed by atoms with Crippen molar-refractivity contribution in [3.8, 4) is 5.75 Å². The van der Waals surface area contributed by atoms with Crippen LogP contribution in [0.5, 0.6) is 5.75 Å². The maximum atomic E-state index is 10.3. The predicted octanol–water partition coefficient (Wildman–Crippen LogP) is 4.08. The predicted molar refractivity (Wildman–Crippen MR) is 102 cm³/mol. The Morgan fingerprint density at radius 3 is 2.80 bits per heavy atom. The molecule has 3 rings (SSSR count). The first-order chi connectivity index (χ1) is 12.1. The highest BCUT2D eigenvalue weighted by atomic mass is 35.5. The minimum atomic E-state index is -0.579. The molecule has 3 N–H and O–H groups in total. The standard InChI is InChI=1S/C20H23ClN2O2/c1-13(22-12-18(24)14-5-3-6-16(21)10-14)9-15-11-23-20-17(15)7-4-8-19(20)25-2/h3-8,10-11,13,18,22-24H,9,12H2,1-2H3/t13-,18-/m0/s1.